The minimum absolute atomic E-state index is 0.138. The summed E-state index contributed by atoms with van der Waals surface area (Å²) < 4.78 is 13.0. The van der Waals surface area contributed by atoms with Crippen molar-refractivity contribution in [1.29, 1.82) is 0 Å². The smallest absolute Gasteiger partial charge is 0.319 e. The number of halogens is 3. The minimum atomic E-state index is -0.469. The highest BCUT2D eigenvalue weighted by atomic mass is 35.5. The number of hydrogen-bond acceptors (Lipinski definition) is 2. The Morgan fingerprint density at radius 3 is 2.56 bits per heavy atom. The molecule has 0 bridgehead atoms. The lowest BCUT2D eigenvalue weighted by molar-refractivity contribution is -0.117. The van der Waals surface area contributed by atoms with E-state index in [-0.39, 0.29) is 24.2 Å². The molecule has 5 nitrogen and oxygen atoms in total. The number of urea groups is 1. The summed E-state index contributed by atoms with van der Waals surface area (Å²) in [5, 5.41) is 6.14. The fraction of sp³-hybridized carbons (Fsp3) is 0.176. The van der Waals surface area contributed by atoms with Crippen LogP contribution in [0.2, 0.25) is 10.0 Å². The van der Waals surface area contributed by atoms with Crippen molar-refractivity contribution in [3.63, 3.8) is 0 Å². The third-order valence-corrected chi connectivity index (χ3v) is 4.33. The van der Waals surface area contributed by atoms with Crippen LogP contribution in [0.3, 0.4) is 0 Å². The topological polar surface area (TPSA) is 61.4 Å². The van der Waals surface area contributed by atoms with E-state index in [1.165, 1.54) is 35.2 Å². The average molecular weight is 382 g/mol. The molecule has 0 spiro atoms. The summed E-state index contributed by atoms with van der Waals surface area (Å²) in [7, 11) is 0. The summed E-state index contributed by atoms with van der Waals surface area (Å²) in [4.78, 5) is 25.7. The summed E-state index contributed by atoms with van der Waals surface area (Å²) in [5.41, 5.74) is 1.01. The highest BCUT2D eigenvalue weighted by molar-refractivity contribution is 6.36. The average Bonchev–Trinajstić information content (AvgIpc) is 2.91. The second-order valence-electron chi connectivity index (χ2n) is 5.60. The molecular weight excluding hydrogens is 368 g/mol. The fourth-order valence-electron chi connectivity index (χ4n) is 2.61. The van der Waals surface area contributed by atoms with Crippen molar-refractivity contribution in [2.75, 3.05) is 16.8 Å². The molecule has 0 unspecified atom stereocenters. The second kappa shape index (κ2) is 7.29. The van der Waals surface area contributed by atoms with Crippen molar-refractivity contribution in [2.24, 2.45) is 0 Å². The molecule has 1 heterocycles. The van der Waals surface area contributed by atoms with Gasteiger partial charge in [0.2, 0.25) is 5.91 Å². The van der Waals surface area contributed by atoms with Gasteiger partial charge in [0, 0.05) is 23.7 Å². The van der Waals surface area contributed by atoms with Crippen molar-refractivity contribution >= 4 is 46.5 Å². The van der Waals surface area contributed by atoms with Gasteiger partial charge in [0.15, 0.2) is 0 Å². The Hall–Kier alpha value is -2.31. The monoisotopic (exact) mass is 381 g/mol. The first-order valence-electron chi connectivity index (χ1n) is 7.51. The Bertz CT molecular complexity index is 814. The maximum absolute atomic E-state index is 13.0. The summed E-state index contributed by atoms with van der Waals surface area (Å²) in [6, 6.07) is 9.54. The zero-order valence-electron chi connectivity index (χ0n) is 12.9. The van der Waals surface area contributed by atoms with Gasteiger partial charge in [-0.3, -0.25) is 4.79 Å². The number of nitrogens with one attached hydrogen (secondary N) is 2. The normalized spacial score (nSPS) is 16.8. The van der Waals surface area contributed by atoms with Gasteiger partial charge in [-0.1, -0.05) is 23.2 Å². The molecule has 1 aliphatic heterocycles. The number of anilines is 2. The Morgan fingerprint density at radius 2 is 1.88 bits per heavy atom. The van der Waals surface area contributed by atoms with Gasteiger partial charge in [-0.15, -0.1) is 0 Å². The molecule has 1 aliphatic rings. The van der Waals surface area contributed by atoms with Crippen LogP contribution in [0.1, 0.15) is 6.42 Å². The molecule has 0 aromatic heterocycles. The summed E-state index contributed by atoms with van der Waals surface area (Å²) in [6.07, 6.45) is 0.166. The second-order valence-corrected chi connectivity index (χ2v) is 6.45. The van der Waals surface area contributed by atoms with Crippen LogP contribution < -0.4 is 15.5 Å². The van der Waals surface area contributed by atoms with E-state index in [1.54, 1.807) is 12.1 Å². The van der Waals surface area contributed by atoms with Gasteiger partial charge in [0.1, 0.15) is 5.82 Å². The molecule has 0 saturated carbocycles. The van der Waals surface area contributed by atoms with E-state index in [0.717, 1.165) is 0 Å². The van der Waals surface area contributed by atoms with Crippen molar-refractivity contribution in [3.05, 3.63) is 58.3 Å². The molecule has 0 radical (unpaired) electrons. The first kappa shape index (κ1) is 17.5. The van der Waals surface area contributed by atoms with Crippen LogP contribution in [0.4, 0.5) is 20.6 Å². The maximum Gasteiger partial charge on any atom is 0.319 e. The lowest BCUT2D eigenvalue weighted by Gasteiger charge is -2.17. The number of hydrogen-bond donors (Lipinski definition) is 2. The molecule has 25 heavy (non-hydrogen) atoms. The first-order valence-corrected chi connectivity index (χ1v) is 8.26. The minimum Gasteiger partial charge on any atom is -0.333 e. The quantitative estimate of drug-likeness (QED) is 0.841. The number of amides is 3. The Balaban J connectivity index is 1.61. The molecule has 2 N–H and O–H groups in total. The van der Waals surface area contributed by atoms with Crippen molar-refractivity contribution < 1.29 is 14.0 Å². The van der Waals surface area contributed by atoms with Crippen molar-refractivity contribution in [2.45, 2.75) is 12.5 Å². The molecule has 1 fully saturated rings. The summed E-state index contributed by atoms with van der Waals surface area (Å²) in [5.74, 6) is -0.509. The van der Waals surface area contributed by atoms with Gasteiger partial charge in [0.05, 0.1) is 16.8 Å². The molecule has 2 aromatic carbocycles. The fourth-order valence-corrected chi connectivity index (χ4v) is 3.07. The van der Waals surface area contributed by atoms with Gasteiger partial charge in [-0.25, -0.2) is 9.18 Å². The van der Waals surface area contributed by atoms with E-state index in [4.69, 9.17) is 23.2 Å². The summed E-state index contributed by atoms with van der Waals surface area (Å²) in [6.45, 7) is 0.312. The van der Waals surface area contributed by atoms with Gasteiger partial charge < -0.3 is 15.5 Å². The number of benzene rings is 2. The molecule has 3 amide bonds. The van der Waals surface area contributed by atoms with Crippen molar-refractivity contribution in [3.8, 4) is 0 Å². The Morgan fingerprint density at radius 1 is 1.16 bits per heavy atom. The zero-order valence-corrected chi connectivity index (χ0v) is 14.4. The first-order chi connectivity index (χ1) is 11.9. The third-order valence-electron chi connectivity index (χ3n) is 3.78. The van der Waals surface area contributed by atoms with E-state index in [2.05, 4.69) is 10.6 Å². The zero-order chi connectivity index (χ0) is 18.0. The number of rotatable bonds is 3. The third kappa shape index (κ3) is 4.21. The van der Waals surface area contributed by atoms with Crippen LogP contribution in [-0.4, -0.2) is 24.5 Å². The summed E-state index contributed by atoms with van der Waals surface area (Å²) >= 11 is 11.8. The molecule has 0 aliphatic carbocycles. The molecule has 1 saturated heterocycles. The van der Waals surface area contributed by atoms with Gasteiger partial charge in [0.25, 0.3) is 0 Å². The van der Waals surface area contributed by atoms with E-state index in [0.29, 0.717) is 28.0 Å². The Kier molecular flexibility index (Phi) is 5.11. The molecule has 130 valence electrons. The highest BCUT2D eigenvalue weighted by Gasteiger charge is 2.31. The van der Waals surface area contributed by atoms with Crippen molar-refractivity contribution in [1.82, 2.24) is 5.32 Å². The van der Waals surface area contributed by atoms with E-state index in [9.17, 15) is 14.0 Å². The molecule has 8 heteroatoms. The lowest BCUT2D eigenvalue weighted by Crippen LogP contribution is -2.39. The molecule has 3 rings (SSSR count). The molecule has 1 atom stereocenters. The predicted octanol–water partition coefficient (Wildman–Crippen LogP) is 4.06. The SMILES string of the molecule is O=C(Nc1ccc(Cl)cc1Cl)N[C@H]1CC(=O)N(c2ccc(F)cc2)C1. The van der Waals surface area contributed by atoms with Crippen LogP contribution in [0.5, 0.6) is 0 Å². The molecular formula is C17H14Cl2FN3O2. The standard InChI is InChI=1S/C17H14Cl2FN3O2/c18-10-1-6-15(14(19)7-10)22-17(25)21-12-8-16(24)23(9-12)13-4-2-11(20)3-5-13/h1-7,12H,8-9H2,(H2,21,22,25)/t12-/m0/s1. The van der Waals surface area contributed by atoms with E-state index in [1.807, 2.05) is 0 Å². The van der Waals surface area contributed by atoms with Crippen LogP contribution in [0, 0.1) is 5.82 Å². The lowest BCUT2D eigenvalue weighted by atomic mass is 10.2. The van der Waals surface area contributed by atoms with Crippen LogP contribution in [-0.2, 0) is 4.79 Å². The predicted molar refractivity (Wildman–Crippen MR) is 95.8 cm³/mol. The molecule has 2 aromatic rings. The highest BCUT2D eigenvalue weighted by Crippen LogP contribution is 2.26. The number of carbonyl (C=O) groups excluding carboxylic acids is 2. The van der Waals surface area contributed by atoms with Crippen LogP contribution in [0.25, 0.3) is 0 Å². The largest absolute Gasteiger partial charge is 0.333 e. The van der Waals surface area contributed by atoms with E-state index >= 15 is 0 Å². The van der Waals surface area contributed by atoms with Crippen LogP contribution in [0.15, 0.2) is 42.5 Å². The van der Waals surface area contributed by atoms with Gasteiger partial charge >= 0.3 is 6.03 Å². The number of carbonyl (C=O) groups is 2. The maximum atomic E-state index is 13.0. The van der Waals surface area contributed by atoms with Gasteiger partial charge in [-0.05, 0) is 42.5 Å². The number of nitrogens with zero attached hydrogens (tertiary/aromatic N) is 1. The van der Waals surface area contributed by atoms with Gasteiger partial charge in [-0.2, -0.15) is 0 Å². The Labute approximate surface area is 153 Å². The van der Waals surface area contributed by atoms with E-state index < -0.39 is 6.03 Å². The van der Waals surface area contributed by atoms with Crippen LogP contribution >= 0.6 is 23.2 Å².